The van der Waals surface area contributed by atoms with Gasteiger partial charge >= 0.3 is 5.97 Å². The largest absolute Gasteiger partial charge is 0.476 e. The Kier molecular flexibility index (Phi) is 4.68. The average molecular weight is 443 g/mol. The van der Waals surface area contributed by atoms with Crippen molar-refractivity contribution in [3.8, 4) is 16.9 Å². The van der Waals surface area contributed by atoms with Crippen molar-refractivity contribution in [2.75, 3.05) is 33.2 Å². The van der Waals surface area contributed by atoms with Crippen LogP contribution in [0.1, 0.15) is 21.7 Å². The number of benzene rings is 1. The summed E-state index contributed by atoms with van der Waals surface area (Å²) in [6, 6.07) is 6.43. The molecule has 31 heavy (non-hydrogen) atoms. The van der Waals surface area contributed by atoms with Crippen LogP contribution < -0.4 is 0 Å². The van der Waals surface area contributed by atoms with Crippen LogP contribution >= 0.6 is 0 Å². The highest BCUT2D eigenvalue weighted by Gasteiger charge is 2.31. The third-order valence-electron chi connectivity index (χ3n) is 5.97. The number of sulfonamides is 1. The van der Waals surface area contributed by atoms with E-state index in [4.69, 9.17) is 0 Å². The third kappa shape index (κ3) is 3.25. The highest BCUT2D eigenvalue weighted by Crippen LogP contribution is 2.36. The Morgan fingerprint density at radius 1 is 1.10 bits per heavy atom. The maximum atomic E-state index is 13.0. The number of aromatic amines is 1. The fraction of sp³-hybridized carbons (Fsp3) is 0.350. The van der Waals surface area contributed by atoms with E-state index in [0.29, 0.717) is 56.0 Å². The molecule has 3 heterocycles. The number of aromatic nitrogens is 4. The van der Waals surface area contributed by atoms with Gasteiger partial charge in [-0.2, -0.15) is 14.5 Å². The van der Waals surface area contributed by atoms with Crippen molar-refractivity contribution in [2.24, 2.45) is 0 Å². The number of aromatic carboxylic acids is 1. The van der Waals surface area contributed by atoms with E-state index in [9.17, 15) is 18.3 Å². The van der Waals surface area contributed by atoms with Crippen LogP contribution in [-0.4, -0.2) is 81.9 Å². The van der Waals surface area contributed by atoms with Crippen molar-refractivity contribution >= 4 is 16.0 Å². The molecular weight excluding hydrogens is 420 g/mol. The number of carbonyl (C=O) groups is 1. The minimum Gasteiger partial charge on any atom is -0.476 e. The monoisotopic (exact) mass is 442 g/mol. The Hall–Kier alpha value is -3.02. The number of nitrogens with zero attached hydrogens (tertiary/aromatic N) is 5. The summed E-state index contributed by atoms with van der Waals surface area (Å²) in [5, 5.41) is 21.0. The Labute approximate surface area is 179 Å². The van der Waals surface area contributed by atoms with Crippen LogP contribution in [0.25, 0.3) is 16.9 Å². The van der Waals surface area contributed by atoms with Crippen molar-refractivity contribution in [2.45, 2.75) is 17.7 Å². The number of hydrogen-bond donors (Lipinski definition) is 2. The van der Waals surface area contributed by atoms with E-state index in [-0.39, 0.29) is 10.6 Å². The van der Waals surface area contributed by atoms with Crippen LogP contribution in [0, 0.1) is 0 Å². The first kappa shape index (κ1) is 19.9. The van der Waals surface area contributed by atoms with Crippen LogP contribution in [0.2, 0.25) is 0 Å². The van der Waals surface area contributed by atoms with Crippen molar-refractivity contribution in [3.05, 3.63) is 47.4 Å². The zero-order chi connectivity index (χ0) is 21.8. The number of piperazine rings is 1. The van der Waals surface area contributed by atoms with Gasteiger partial charge in [-0.3, -0.25) is 5.10 Å². The molecule has 2 aliphatic rings. The second-order valence-electron chi connectivity index (χ2n) is 7.86. The highest BCUT2D eigenvalue weighted by atomic mass is 32.2. The molecule has 162 valence electrons. The molecule has 0 bridgehead atoms. The van der Waals surface area contributed by atoms with Gasteiger partial charge in [0.2, 0.25) is 10.0 Å². The number of likely N-dealkylation sites (N-methyl/N-ethyl adjacent to an activating group) is 1. The molecule has 1 saturated heterocycles. The molecular formula is C20H22N6O4S. The maximum absolute atomic E-state index is 13.0. The second-order valence-corrected chi connectivity index (χ2v) is 9.79. The van der Waals surface area contributed by atoms with E-state index in [1.165, 1.54) is 4.31 Å². The van der Waals surface area contributed by atoms with Crippen LogP contribution in [0.4, 0.5) is 0 Å². The van der Waals surface area contributed by atoms with Gasteiger partial charge in [0.25, 0.3) is 0 Å². The maximum Gasteiger partial charge on any atom is 0.356 e. The van der Waals surface area contributed by atoms with E-state index in [2.05, 4.69) is 20.2 Å². The molecule has 1 aliphatic heterocycles. The molecule has 0 atom stereocenters. The molecule has 0 saturated carbocycles. The minimum atomic E-state index is -3.58. The van der Waals surface area contributed by atoms with Gasteiger partial charge in [0.15, 0.2) is 5.69 Å². The lowest BCUT2D eigenvalue weighted by atomic mass is 9.94. The van der Waals surface area contributed by atoms with Crippen molar-refractivity contribution in [3.63, 3.8) is 0 Å². The lowest BCUT2D eigenvalue weighted by molar-refractivity contribution is 0.0688. The predicted octanol–water partition coefficient (Wildman–Crippen LogP) is 0.995. The fourth-order valence-corrected chi connectivity index (χ4v) is 5.64. The van der Waals surface area contributed by atoms with Gasteiger partial charge in [-0.05, 0) is 44.2 Å². The standard InChI is InChI=1S/C20H22N6O4S/c1-24-8-10-25(11-9-24)31(29,30)14-4-2-13(3-5-14)26-19-15(18(23-26)20(27)28)6-7-17-16(19)12-21-22-17/h2-5,12H,6-11H2,1H3,(H,21,22)(H,27,28). The number of aryl methyl sites for hydroxylation is 1. The Morgan fingerprint density at radius 2 is 1.81 bits per heavy atom. The molecule has 0 amide bonds. The minimum absolute atomic E-state index is 0.0102. The molecule has 11 heteroatoms. The number of H-pyrrole nitrogens is 1. The van der Waals surface area contributed by atoms with Crippen LogP contribution in [0.5, 0.6) is 0 Å². The van der Waals surface area contributed by atoms with Gasteiger partial charge in [0.1, 0.15) is 0 Å². The number of hydrogen-bond acceptors (Lipinski definition) is 6. The Balaban J connectivity index is 1.54. The molecule has 5 rings (SSSR count). The average Bonchev–Trinajstić information content (AvgIpc) is 3.38. The van der Waals surface area contributed by atoms with E-state index in [1.54, 1.807) is 35.1 Å². The van der Waals surface area contributed by atoms with Gasteiger partial charge < -0.3 is 10.0 Å². The molecule has 0 unspecified atom stereocenters. The summed E-state index contributed by atoms with van der Waals surface area (Å²) in [7, 11) is -1.61. The molecule has 2 N–H and O–H groups in total. The number of fused-ring (bicyclic) bond motifs is 3. The normalized spacial score (nSPS) is 17.3. The summed E-state index contributed by atoms with van der Waals surface area (Å²) in [4.78, 5) is 14.1. The van der Waals surface area contributed by atoms with E-state index < -0.39 is 16.0 Å². The van der Waals surface area contributed by atoms with Gasteiger partial charge in [-0.1, -0.05) is 0 Å². The second kappa shape index (κ2) is 7.29. The Morgan fingerprint density at radius 3 is 2.48 bits per heavy atom. The first-order chi connectivity index (χ1) is 14.9. The quantitative estimate of drug-likeness (QED) is 0.617. The summed E-state index contributed by atoms with van der Waals surface area (Å²) < 4.78 is 29.0. The third-order valence-corrected chi connectivity index (χ3v) is 7.88. The Bertz CT molecular complexity index is 1250. The summed E-state index contributed by atoms with van der Waals surface area (Å²) in [5.41, 5.74) is 3.69. The van der Waals surface area contributed by atoms with E-state index in [0.717, 1.165) is 11.3 Å². The van der Waals surface area contributed by atoms with Crippen LogP contribution in [0.15, 0.2) is 35.4 Å². The summed E-state index contributed by atoms with van der Waals surface area (Å²) in [6.45, 7) is 2.31. The first-order valence-corrected chi connectivity index (χ1v) is 11.5. The number of nitrogens with one attached hydrogen (secondary N) is 1. The topological polar surface area (TPSA) is 124 Å². The number of carboxylic acid groups (broad SMARTS) is 1. The smallest absolute Gasteiger partial charge is 0.356 e. The van der Waals surface area contributed by atoms with Crippen LogP contribution in [-0.2, 0) is 22.9 Å². The lowest BCUT2D eigenvalue weighted by Crippen LogP contribution is -2.46. The summed E-state index contributed by atoms with van der Waals surface area (Å²) in [5.74, 6) is -1.09. The van der Waals surface area contributed by atoms with E-state index >= 15 is 0 Å². The van der Waals surface area contributed by atoms with Crippen molar-refractivity contribution in [1.82, 2.24) is 29.2 Å². The van der Waals surface area contributed by atoms with Crippen molar-refractivity contribution < 1.29 is 18.3 Å². The van der Waals surface area contributed by atoms with Gasteiger partial charge in [-0.15, -0.1) is 0 Å². The highest BCUT2D eigenvalue weighted by molar-refractivity contribution is 7.89. The zero-order valence-corrected chi connectivity index (χ0v) is 17.8. The molecule has 2 aromatic heterocycles. The molecule has 0 spiro atoms. The van der Waals surface area contributed by atoms with Gasteiger partial charge in [0.05, 0.1) is 22.5 Å². The van der Waals surface area contributed by atoms with E-state index in [1.807, 2.05) is 7.05 Å². The molecule has 0 radical (unpaired) electrons. The fourth-order valence-electron chi connectivity index (χ4n) is 4.22. The first-order valence-electron chi connectivity index (χ1n) is 10.0. The van der Waals surface area contributed by atoms with Crippen molar-refractivity contribution in [1.29, 1.82) is 0 Å². The lowest BCUT2D eigenvalue weighted by Gasteiger charge is -2.31. The molecule has 1 aliphatic carbocycles. The summed E-state index contributed by atoms with van der Waals surface area (Å²) >= 11 is 0. The number of carboxylic acids is 1. The van der Waals surface area contributed by atoms with Gasteiger partial charge in [0, 0.05) is 43.0 Å². The molecule has 3 aromatic rings. The van der Waals surface area contributed by atoms with Crippen LogP contribution in [0.3, 0.4) is 0 Å². The zero-order valence-electron chi connectivity index (χ0n) is 16.9. The molecule has 10 nitrogen and oxygen atoms in total. The predicted molar refractivity (Wildman–Crippen MR) is 112 cm³/mol. The van der Waals surface area contributed by atoms with Gasteiger partial charge in [-0.25, -0.2) is 17.9 Å². The number of rotatable bonds is 4. The summed E-state index contributed by atoms with van der Waals surface area (Å²) in [6.07, 6.45) is 2.88. The molecule has 1 aromatic carbocycles. The SMILES string of the molecule is CN1CCN(S(=O)(=O)c2ccc(-n3nc(C(=O)O)c4c3-c3cn[nH]c3CC4)cc2)CC1. The molecule has 1 fully saturated rings.